The Morgan fingerprint density at radius 2 is 1.95 bits per heavy atom. The van der Waals surface area contributed by atoms with Crippen LogP contribution in [0.25, 0.3) is 0 Å². The molecule has 0 aliphatic rings. The van der Waals surface area contributed by atoms with E-state index in [2.05, 4.69) is 27.3 Å². The molecule has 0 fully saturated rings. The van der Waals surface area contributed by atoms with Crippen molar-refractivity contribution in [1.29, 1.82) is 5.26 Å². The molecular formula is C16H13BrN2O2. The minimum absolute atomic E-state index is 0.412. The van der Waals surface area contributed by atoms with Crippen molar-refractivity contribution in [2.24, 2.45) is 0 Å². The first-order valence-electron chi connectivity index (χ1n) is 6.25. The van der Waals surface area contributed by atoms with E-state index >= 15 is 0 Å². The molecule has 2 aromatic carbocycles. The first-order valence-corrected chi connectivity index (χ1v) is 7.04. The Hall–Kier alpha value is -2.32. The number of methoxy groups -OCH3 is 1. The summed E-state index contributed by atoms with van der Waals surface area (Å²) in [5.74, 6) is -0.412. The van der Waals surface area contributed by atoms with Crippen LogP contribution in [0, 0.1) is 11.3 Å². The monoisotopic (exact) mass is 344 g/mol. The highest BCUT2D eigenvalue weighted by molar-refractivity contribution is 9.10. The Balaban J connectivity index is 2.40. The molecule has 0 saturated heterocycles. The number of nitrogens with zero attached hydrogens (tertiary/aromatic N) is 1. The molecular weight excluding hydrogens is 332 g/mol. The fourth-order valence-electron chi connectivity index (χ4n) is 1.96. The van der Waals surface area contributed by atoms with Crippen LogP contribution in [0.5, 0.6) is 0 Å². The average Bonchev–Trinajstić information content (AvgIpc) is 2.53. The molecule has 5 heteroatoms. The molecule has 0 radical (unpaired) electrons. The maximum absolute atomic E-state index is 12.0. The van der Waals surface area contributed by atoms with Gasteiger partial charge >= 0.3 is 5.97 Å². The van der Waals surface area contributed by atoms with Crippen molar-refractivity contribution in [2.45, 2.75) is 6.04 Å². The molecule has 0 bridgehead atoms. The van der Waals surface area contributed by atoms with Crippen LogP contribution >= 0.6 is 15.9 Å². The van der Waals surface area contributed by atoms with Crippen molar-refractivity contribution >= 4 is 27.6 Å². The lowest BCUT2D eigenvalue weighted by Crippen LogP contribution is -2.22. The predicted octanol–water partition coefficient (Wildman–Crippen LogP) is 3.65. The second kappa shape index (κ2) is 6.91. The van der Waals surface area contributed by atoms with Crippen molar-refractivity contribution < 1.29 is 9.53 Å². The molecule has 4 nitrogen and oxygen atoms in total. The molecule has 0 heterocycles. The third-order valence-electron chi connectivity index (χ3n) is 3.00. The van der Waals surface area contributed by atoms with E-state index in [-0.39, 0.29) is 0 Å². The first kappa shape index (κ1) is 15.1. The summed E-state index contributed by atoms with van der Waals surface area (Å²) < 4.78 is 5.52. The average molecular weight is 345 g/mol. The van der Waals surface area contributed by atoms with Gasteiger partial charge in [0, 0.05) is 4.47 Å². The zero-order valence-electron chi connectivity index (χ0n) is 11.3. The number of hydrogen-bond donors (Lipinski definition) is 1. The number of ether oxygens (including phenoxy) is 1. The molecule has 21 heavy (non-hydrogen) atoms. The summed E-state index contributed by atoms with van der Waals surface area (Å²) in [6, 6.07) is 16.0. The lowest BCUT2D eigenvalue weighted by molar-refractivity contribution is -0.141. The third kappa shape index (κ3) is 3.41. The molecule has 0 spiro atoms. The summed E-state index contributed by atoms with van der Waals surface area (Å²) in [4.78, 5) is 12.0. The fraction of sp³-hybridized carbons (Fsp3) is 0.125. The Morgan fingerprint density at radius 1 is 1.24 bits per heavy atom. The summed E-state index contributed by atoms with van der Waals surface area (Å²) in [7, 11) is 1.34. The topological polar surface area (TPSA) is 62.1 Å². The number of nitriles is 1. The number of esters is 1. The smallest absolute Gasteiger partial charge is 0.332 e. The SMILES string of the molecule is COC(=O)C(Nc1cccc(Br)c1C#N)c1ccccc1. The molecule has 2 rings (SSSR count). The molecule has 1 atom stereocenters. The minimum atomic E-state index is -0.669. The summed E-state index contributed by atoms with van der Waals surface area (Å²) in [5, 5.41) is 12.3. The minimum Gasteiger partial charge on any atom is -0.467 e. The van der Waals surface area contributed by atoms with E-state index in [0.717, 1.165) is 5.56 Å². The van der Waals surface area contributed by atoms with Crippen LogP contribution in [0.15, 0.2) is 53.0 Å². The molecule has 0 aromatic heterocycles. The zero-order chi connectivity index (χ0) is 15.2. The van der Waals surface area contributed by atoms with E-state index in [4.69, 9.17) is 4.74 Å². The zero-order valence-corrected chi connectivity index (χ0v) is 12.9. The number of benzene rings is 2. The van der Waals surface area contributed by atoms with Gasteiger partial charge < -0.3 is 10.1 Å². The summed E-state index contributed by atoms with van der Waals surface area (Å²) >= 11 is 3.33. The highest BCUT2D eigenvalue weighted by atomic mass is 79.9. The van der Waals surface area contributed by atoms with Crippen molar-refractivity contribution in [3.8, 4) is 6.07 Å². The van der Waals surface area contributed by atoms with Crippen LogP contribution in [0.2, 0.25) is 0 Å². The van der Waals surface area contributed by atoms with Gasteiger partial charge in [0.05, 0.1) is 18.4 Å². The number of anilines is 1. The second-order valence-electron chi connectivity index (χ2n) is 4.29. The molecule has 2 aromatic rings. The van der Waals surface area contributed by atoms with Crippen LogP contribution in [0.4, 0.5) is 5.69 Å². The standard InChI is InChI=1S/C16H13BrN2O2/c1-21-16(20)15(11-6-3-2-4-7-11)19-14-9-5-8-13(17)12(14)10-18/h2-9,15,19H,1H3. The van der Waals surface area contributed by atoms with Gasteiger partial charge in [0.25, 0.3) is 0 Å². The van der Waals surface area contributed by atoms with Gasteiger partial charge in [-0.3, -0.25) is 0 Å². The number of carbonyl (C=O) groups excluding carboxylic acids is 1. The van der Waals surface area contributed by atoms with Crippen LogP contribution in [0.1, 0.15) is 17.2 Å². The van der Waals surface area contributed by atoms with E-state index in [9.17, 15) is 10.1 Å². The van der Waals surface area contributed by atoms with Gasteiger partial charge in [-0.15, -0.1) is 0 Å². The second-order valence-corrected chi connectivity index (χ2v) is 5.14. The van der Waals surface area contributed by atoms with E-state index in [1.54, 1.807) is 18.2 Å². The molecule has 106 valence electrons. The highest BCUT2D eigenvalue weighted by Gasteiger charge is 2.22. The highest BCUT2D eigenvalue weighted by Crippen LogP contribution is 2.28. The molecule has 1 unspecified atom stereocenters. The number of carbonyl (C=O) groups is 1. The van der Waals surface area contributed by atoms with Crippen LogP contribution in [0.3, 0.4) is 0 Å². The number of halogens is 1. The van der Waals surface area contributed by atoms with Crippen LogP contribution < -0.4 is 5.32 Å². The van der Waals surface area contributed by atoms with Gasteiger partial charge in [0.15, 0.2) is 6.04 Å². The molecule has 0 saturated carbocycles. The van der Waals surface area contributed by atoms with Crippen molar-refractivity contribution in [3.05, 3.63) is 64.1 Å². The normalized spacial score (nSPS) is 11.3. The summed E-state index contributed by atoms with van der Waals surface area (Å²) in [5.41, 5.74) is 1.79. The lowest BCUT2D eigenvalue weighted by Gasteiger charge is -2.19. The third-order valence-corrected chi connectivity index (χ3v) is 3.66. The summed E-state index contributed by atoms with van der Waals surface area (Å²) in [6.45, 7) is 0. The van der Waals surface area contributed by atoms with Gasteiger partial charge in [-0.05, 0) is 33.6 Å². The quantitative estimate of drug-likeness (QED) is 0.860. The van der Waals surface area contributed by atoms with E-state index in [1.165, 1.54) is 7.11 Å². The Labute approximate surface area is 131 Å². The number of nitrogens with one attached hydrogen (secondary N) is 1. The maximum Gasteiger partial charge on any atom is 0.332 e. The molecule has 0 aliphatic carbocycles. The van der Waals surface area contributed by atoms with Crippen LogP contribution in [-0.4, -0.2) is 13.1 Å². The number of rotatable bonds is 4. The molecule has 0 aliphatic heterocycles. The Kier molecular flexibility index (Phi) is 4.96. The molecule has 1 N–H and O–H groups in total. The molecule has 0 amide bonds. The van der Waals surface area contributed by atoms with Gasteiger partial charge in [-0.2, -0.15) is 5.26 Å². The largest absolute Gasteiger partial charge is 0.467 e. The van der Waals surface area contributed by atoms with Gasteiger partial charge in [-0.1, -0.05) is 36.4 Å². The lowest BCUT2D eigenvalue weighted by atomic mass is 10.1. The van der Waals surface area contributed by atoms with E-state index in [0.29, 0.717) is 15.7 Å². The fourth-order valence-corrected chi connectivity index (χ4v) is 2.41. The van der Waals surface area contributed by atoms with E-state index < -0.39 is 12.0 Å². The van der Waals surface area contributed by atoms with Gasteiger partial charge in [-0.25, -0.2) is 4.79 Å². The first-order chi connectivity index (χ1) is 10.2. The van der Waals surface area contributed by atoms with Gasteiger partial charge in [0.2, 0.25) is 0 Å². The van der Waals surface area contributed by atoms with Crippen LogP contribution in [-0.2, 0) is 9.53 Å². The van der Waals surface area contributed by atoms with Crippen molar-refractivity contribution in [2.75, 3.05) is 12.4 Å². The number of hydrogen-bond acceptors (Lipinski definition) is 4. The van der Waals surface area contributed by atoms with Gasteiger partial charge in [0.1, 0.15) is 6.07 Å². The predicted molar refractivity (Wildman–Crippen MR) is 83.7 cm³/mol. The van der Waals surface area contributed by atoms with Crippen molar-refractivity contribution in [3.63, 3.8) is 0 Å². The van der Waals surface area contributed by atoms with Crippen molar-refractivity contribution in [1.82, 2.24) is 0 Å². The Morgan fingerprint density at radius 3 is 2.57 bits per heavy atom. The Bertz CT molecular complexity index is 680. The summed E-state index contributed by atoms with van der Waals surface area (Å²) in [6.07, 6.45) is 0. The maximum atomic E-state index is 12.0. The van der Waals surface area contributed by atoms with E-state index in [1.807, 2.05) is 30.3 Å².